The fourth-order valence-corrected chi connectivity index (χ4v) is 2.69. The molecule has 0 amide bonds. The van der Waals surface area contributed by atoms with E-state index in [0.717, 1.165) is 23.6 Å². The fourth-order valence-electron chi connectivity index (χ4n) is 2.69. The van der Waals surface area contributed by atoms with E-state index in [1.165, 1.54) is 5.56 Å². The van der Waals surface area contributed by atoms with Crippen molar-refractivity contribution in [1.29, 1.82) is 0 Å². The number of nitrogens with zero attached hydrogens (tertiary/aromatic N) is 3. The molecule has 2 aromatic heterocycles. The molecule has 2 unspecified atom stereocenters. The molecule has 1 aromatic carbocycles. The molecular formula is C16H16N4. The van der Waals surface area contributed by atoms with Crippen LogP contribution >= 0.6 is 0 Å². The molecule has 1 aliphatic rings. The van der Waals surface area contributed by atoms with E-state index >= 15 is 0 Å². The van der Waals surface area contributed by atoms with Crippen LogP contribution in [0.15, 0.2) is 48.7 Å². The molecule has 1 N–H and O–H groups in total. The second-order valence-electron chi connectivity index (χ2n) is 5.40. The summed E-state index contributed by atoms with van der Waals surface area (Å²) in [7, 11) is 0. The van der Waals surface area contributed by atoms with Crippen LogP contribution in [-0.4, -0.2) is 20.6 Å². The number of aryl methyl sites for hydroxylation is 1. The minimum atomic E-state index is 0.454. The molecular weight excluding hydrogens is 248 g/mol. The number of nitrogens with one attached hydrogen (secondary N) is 1. The Balaban J connectivity index is 1.54. The minimum Gasteiger partial charge on any atom is -0.350 e. The highest BCUT2D eigenvalue weighted by atomic mass is 15.4. The van der Waals surface area contributed by atoms with E-state index in [1.807, 2.05) is 16.8 Å². The molecule has 20 heavy (non-hydrogen) atoms. The standard InChI is InChI=1S/C16H16N4/c1-11-6-5-9-20-15(11)18-16(19-20)17-14-10-13(14)12-7-3-2-4-8-12/h2-9,13-14H,10H2,1H3,(H,17,19). The first-order chi connectivity index (χ1) is 9.81. The first-order valence-corrected chi connectivity index (χ1v) is 6.95. The number of hydrogen-bond donors (Lipinski definition) is 1. The fraction of sp³-hybridized carbons (Fsp3) is 0.250. The van der Waals surface area contributed by atoms with E-state index in [1.54, 1.807) is 0 Å². The van der Waals surface area contributed by atoms with E-state index in [9.17, 15) is 0 Å². The molecule has 0 radical (unpaired) electrons. The Bertz CT molecular complexity index is 748. The zero-order valence-corrected chi connectivity index (χ0v) is 11.3. The number of anilines is 1. The Morgan fingerprint density at radius 2 is 2.00 bits per heavy atom. The van der Waals surface area contributed by atoms with Crippen LogP contribution in [0.4, 0.5) is 5.95 Å². The normalized spacial score (nSPS) is 21.1. The van der Waals surface area contributed by atoms with Gasteiger partial charge in [-0.05, 0) is 30.5 Å². The van der Waals surface area contributed by atoms with Crippen molar-refractivity contribution in [3.05, 3.63) is 59.8 Å². The Kier molecular flexibility index (Phi) is 2.49. The van der Waals surface area contributed by atoms with Crippen molar-refractivity contribution in [1.82, 2.24) is 14.6 Å². The summed E-state index contributed by atoms with van der Waals surface area (Å²) in [5.74, 6) is 1.31. The Morgan fingerprint density at radius 3 is 2.80 bits per heavy atom. The van der Waals surface area contributed by atoms with Crippen molar-refractivity contribution >= 4 is 11.6 Å². The maximum absolute atomic E-state index is 4.56. The smallest absolute Gasteiger partial charge is 0.243 e. The third-order valence-corrected chi connectivity index (χ3v) is 3.89. The van der Waals surface area contributed by atoms with Crippen LogP contribution in [0.2, 0.25) is 0 Å². The number of hydrogen-bond acceptors (Lipinski definition) is 3. The molecule has 4 heteroatoms. The lowest BCUT2D eigenvalue weighted by Gasteiger charge is -2.00. The summed E-state index contributed by atoms with van der Waals surface area (Å²) in [6.45, 7) is 2.05. The molecule has 3 aromatic rings. The predicted molar refractivity (Wildman–Crippen MR) is 78.9 cm³/mol. The molecule has 0 spiro atoms. The molecule has 0 aliphatic heterocycles. The summed E-state index contributed by atoms with van der Waals surface area (Å²) in [6.07, 6.45) is 3.08. The van der Waals surface area contributed by atoms with Gasteiger partial charge in [0.25, 0.3) is 0 Å². The molecule has 4 rings (SSSR count). The quantitative estimate of drug-likeness (QED) is 0.790. The van der Waals surface area contributed by atoms with Gasteiger partial charge in [-0.15, -0.1) is 5.10 Å². The van der Waals surface area contributed by atoms with Crippen molar-refractivity contribution in [2.45, 2.75) is 25.3 Å². The van der Waals surface area contributed by atoms with E-state index in [4.69, 9.17) is 0 Å². The van der Waals surface area contributed by atoms with E-state index in [-0.39, 0.29) is 0 Å². The Hall–Kier alpha value is -2.36. The van der Waals surface area contributed by atoms with E-state index in [2.05, 4.69) is 58.7 Å². The van der Waals surface area contributed by atoms with Gasteiger partial charge in [-0.3, -0.25) is 0 Å². The maximum Gasteiger partial charge on any atom is 0.243 e. The third kappa shape index (κ3) is 1.93. The number of benzene rings is 1. The van der Waals surface area contributed by atoms with Gasteiger partial charge in [-0.25, -0.2) is 4.52 Å². The monoisotopic (exact) mass is 264 g/mol. The van der Waals surface area contributed by atoms with Gasteiger partial charge in [-0.1, -0.05) is 36.4 Å². The van der Waals surface area contributed by atoms with Gasteiger partial charge >= 0.3 is 0 Å². The first-order valence-electron chi connectivity index (χ1n) is 6.95. The average Bonchev–Trinajstić information content (AvgIpc) is 3.10. The van der Waals surface area contributed by atoms with Gasteiger partial charge in [0.05, 0.1) is 0 Å². The molecule has 4 nitrogen and oxygen atoms in total. The number of fused-ring (bicyclic) bond motifs is 1. The first kappa shape index (κ1) is 11.5. The summed E-state index contributed by atoms with van der Waals surface area (Å²) in [5, 5.41) is 7.91. The Morgan fingerprint density at radius 1 is 1.15 bits per heavy atom. The zero-order chi connectivity index (χ0) is 13.5. The SMILES string of the molecule is Cc1cccn2nc(NC3CC3c3ccccc3)nc12. The van der Waals surface area contributed by atoms with Gasteiger partial charge < -0.3 is 5.32 Å². The van der Waals surface area contributed by atoms with E-state index < -0.39 is 0 Å². The van der Waals surface area contributed by atoms with Crippen molar-refractivity contribution in [2.75, 3.05) is 5.32 Å². The summed E-state index contributed by atoms with van der Waals surface area (Å²) in [6, 6.07) is 15.1. The topological polar surface area (TPSA) is 42.2 Å². The van der Waals surface area contributed by atoms with Gasteiger partial charge in [0.15, 0.2) is 5.65 Å². The van der Waals surface area contributed by atoms with Crippen molar-refractivity contribution in [3.8, 4) is 0 Å². The van der Waals surface area contributed by atoms with Crippen LogP contribution in [0.3, 0.4) is 0 Å². The maximum atomic E-state index is 4.56. The second kappa shape index (κ2) is 4.34. The van der Waals surface area contributed by atoms with Crippen LogP contribution in [0.25, 0.3) is 5.65 Å². The zero-order valence-electron chi connectivity index (χ0n) is 11.3. The molecule has 0 saturated heterocycles. The van der Waals surface area contributed by atoms with Gasteiger partial charge in [0, 0.05) is 18.2 Å². The lowest BCUT2D eigenvalue weighted by Crippen LogP contribution is -2.05. The Labute approximate surface area is 117 Å². The van der Waals surface area contributed by atoms with Gasteiger partial charge in [0.2, 0.25) is 5.95 Å². The highest BCUT2D eigenvalue weighted by Gasteiger charge is 2.38. The lowest BCUT2D eigenvalue weighted by atomic mass is 10.1. The van der Waals surface area contributed by atoms with Crippen LogP contribution < -0.4 is 5.32 Å². The highest BCUT2D eigenvalue weighted by Crippen LogP contribution is 2.42. The summed E-state index contributed by atoms with van der Waals surface area (Å²) >= 11 is 0. The minimum absolute atomic E-state index is 0.454. The molecule has 1 fully saturated rings. The predicted octanol–water partition coefficient (Wildman–Crippen LogP) is 3.01. The van der Waals surface area contributed by atoms with Crippen LogP contribution in [0.1, 0.15) is 23.5 Å². The van der Waals surface area contributed by atoms with Crippen molar-refractivity contribution < 1.29 is 0 Å². The summed E-state index contributed by atoms with van der Waals surface area (Å²) in [4.78, 5) is 4.56. The van der Waals surface area contributed by atoms with E-state index in [0.29, 0.717) is 12.0 Å². The largest absolute Gasteiger partial charge is 0.350 e. The molecule has 2 atom stereocenters. The van der Waals surface area contributed by atoms with Crippen LogP contribution in [-0.2, 0) is 0 Å². The van der Waals surface area contributed by atoms with Gasteiger partial charge in [-0.2, -0.15) is 4.98 Å². The molecule has 2 heterocycles. The van der Waals surface area contributed by atoms with Crippen molar-refractivity contribution in [3.63, 3.8) is 0 Å². The average molecular weight is 264 g/mol. The number of aromatic nitrogens is 3. The summed E-state index contributed by atoms with van der Waals surface area (Å²) < 4.78 is 1.83. The lowest BCUT2D eigenvalue weighted by molar-refractivity contribution is 0.938. The third-order valence-electron chi connectivity index (χ3n) is 3.89. The number of rotatable bonds is 3. The van der Waals surface area contributed by atoms with Crippen LogP contribution in [0.5, 0.6) is 0 Å². The van der Waals surface area contributed by atoms with Crippen LogP contribution in [0, 0.1) is 6.92 Å². The molecule has 1 saturated carbocycles. The molecule has 100 valence electrons. The number of pyridine rings is 1. The van der Waals surface area contributed by atoms with Gasteiger partial charge in [0.1, 0.15) is 0 Å². The van der Waals surface area contributed by atoms with Crippen molar-refractivity contribution in [2.24, 2.45) is 0 Å². The highest BCUT2D eigenvalue weighted by molar-refractivity contribution is 5.50. The molecule has 1 aliphatic carbocycles. The molecule has 0 bridgehead atoms. The summed E-state index contributed by atoms with van der Waals surface area (Å²) in [5.41, 5.74) is 3.46. The second-order valence-corrected chi connectivity index (χ2v) is 5.40.